The van der Waals surface area contributed by atoms with Crippen molar-refractivity contribution in [2.24, 2.45) is 0 Å². The molecule has 0 radical (unpaired) electrons. The van der Waals surface area contributed by atoms with Gasteiger partial charge < -0.3 is 15.3 Å². The Bertz CT molecular complexity index is 444. The number of hydrogen-bond donors (Lipinski definition) is 2. The van der Waals surface area contributed by atoms with Crippen LogP contribution in [0.1, 0.15) is 39.0 Å². The van der Waals surface area contributed by atoms with Gasteiger partial charge in [-0.25, -0.2) is 4.39 Å². The Balaban J connectivity index is 1.83. The average molecular weight is 294 g/mol. The maximum absolute atomic E-state index is 13.2. The van der Waals surface area contributed by atoms with E-state index in [2.05, 4.69) is 17.1 Å². The lowest BCUT2D eigenvalue weighted by Crippen LogP contribution is -2.49. The molecule has 2 rings (SSSR count). The van der Waals surface area contributed by atoms with Crippen molar-refractivity contribution < 1.29 is 9.50 Å². The predicted molar refractivity (Wildman–Crippen MR) is 85.2 cm³/mol. The number of aliphatic hydroxyl groups is 1. The van der Waals surface area contributed by atoms with Crippen LogP contribution in [0.2, 0.25) is 0 Å². The standard InChI is InChI=1S/C17H27FN2O/c1-3-17(13-21,19-15-8-9-15)10-5-11-20(2)16-7-4-6-14(18)12-16/h4,6-7,12,15,19,21H,3,5,8-11,13H2,1-2H3. The number of nitrogens with zero attached hydrogens (tertiary/aromatic N) is 1. The van der Waals surface area contributed by atoms with Crippen LogP contribution in [0.15, 0.2) is 24.3 Å². The summed E-state index contributed by atoms with van der Waals surface area (Å²) < 4.78 is 13.2. The molecule has 1 fully saturated rings. The van der Waals surface area contributed by atoms with Gasteiger partial charge in [0.05, 0.1) is 6.61 Å². The number of aliphatic hydroxyl groups excluding tert-OH is 1. The van der Waals surface area contributed by atoms with Crippen LogP contribution in [0, 0.1) is 5.82 Å². The highest BCUT2D eigenvalue weighted by Crippen LogP contribution is 2.27. The molecule has 0 heterocycles. The van der Waals surface area contributed by atoms with E-state index >= 15 is 0 Å². The normalized spacial score (nSPS) is 17.5. The van der Waals surface area contributed by atoms with Crippen LogP contribution in [-0.2, 0) is 0 Å². The van der Waals surface area contributed by atoms with Gasteiger partial charge in [-0.05, 0) is 50.3 Å². The van der Waals surface area contributed by atoms with Crippen LogP contribution in [0.3, 0.4) is 0 Å². The summed E-state index contributed by atoms with van der Waals surface area (Å²) in [7, 11) is 1.98. The molecule has 4 heteroatoms. The minimum atomic E-state index is -0.201. The monoisotopic (exact) mass is 294 g/mol. The molecular weight excluding hydrogens is 267 g/mol. The summed E-state index contributed by atoms with van der Waals surface area (Å²) in [5.74, 6) is -0.201. The van der Waals surface area contributed by atoms with Crippen molar-refractivity contribution >= 4 is 5.69 Å². The predicted octanol–water partition coefficient (Wildman–Crippen LogP) is 2.94. The molecule has 3 nitrogen and oxygen atoms in total. The van der Waals surface area contributed by atoms with Crippen molar-refractivity contribution in [2.45, 2.75) is 50.6 Å². The molecule has 1 unspecified atom stereocenters. The summed E-state index contributed by atoms with van der Waals surface area (Å²) in [6.45, 7) is 3.17. The van der Waals surface area contributed by atoms with Crippen LogP contribution >= 0.6 is 0 Å². The van der Waals surface area contributed by atoms with E-state index in [0.717, 1.165) is 31.5 Å². The van der Waals surface area contributed by atoms with Crippen molar-refractivity contribution in [1.82, 2.24) is 5.32 Å². The zero-order chi connectivity index (χ0) is 15.3. The van der Waals surface area contributed by atoms with Crippen LogP contribution in [-0.4, -0.2) is 36.9 Å². The van der Waals surface area contributed by atoms with E-state index in [0.29, 0.717) is 6.04 Å². The first-order valence-electron chi connectivity index (χ1n) is 7.94. The molecule has 1 aliphatic rings. The summed E-state index contributed by atoms with van der Waals surface area (Å²) >= 11 is 0. The molecule has 0 aliphatic heterocycles. The fourth-order valence-electron chi connectivity index (χ4n) is 2.75. The Hall–Kier alpha value is -1.13. The summed E-state index contributed by atoms with van der Waals surface area (Å²) in [6.07, 6.45) is 5.30. The Morgan fingerprint density at radius 2 is 2.19 bits per heavy atom. The molecule has 118 valence electrons. The smallest absolute Gasteiger partial charge is 0.125 e. The molecule has 0 spiro atoms. The zero-order valence-corrected chi connectivity index (χ0v) is 13.1. The van der Waals surface area contributed by atoms with Crippen LogP contribution in [0.4, 0.5) is 10.1 Å². The molecule has 1 aromatic carbocycles. The van der Waals surface area contributed by atoms with Crippen molar-refractivity contribution in [2.75, 3.05) is 25.1 Å². The second-order valence-corrected chi connectivity index (χ2v) is 6.22. The van der Waals surface area contributed by atoms with E-state index in [9.17, 15) is 9.50 Å². The first-order chi connectivity index (χ1) is 10.1. The lowest BCUT2D eigenvalue weighted by atomic mass is 9.91. The fourth-order valence-corrected chi connectivity index (χ4v) is 2.75. The molecule has 1 atom stereocenters. The Morgan fingerprint density at radius 1 is 1.43 bits per heavy atom. The lowest BCUT2D eigenvalue weighted by molar-refractivity contribution is 0.143. The zero-order valence-electron chi connectivity index (χ0n) is 13.1. The van der Waals surface area contributed by atoms with Crippen molar-refractivity contribution in [1.29, 1.82) is 0 Å². The van der Waals surface area contributed by atoms with E-state index in [-0.39, 0.29) is 18.0 Å². The minimum Gasteiger partial charge on any atom is -0.394 e. The third-order valence-electron chi connectivity index (χ3n) is 4.46. The van der Waals surface area contributed by atoms with E-state index in [4.69, 9.17) is 0 Å². The maximum Gasteiger partial charge on any atom is 0.125 e. The second-order valence-electron chi connectivity index (χ2n) is 6.22. The van der Waals surface area contributed by atoms with E-state index in [1.54, 1.807) is 12.1 Å². The van der Waals surface area contributed by atoms with Gasteiger partial charge >= 0.3 is 0 Å². The Kier molecular flexibility index (Phi) is 5.59. The van der Waals surface area contributed by atoms with Gasteiger partial charge in [-0.15, -0.1) is 0 Å². The first-order valence-corrected chi connectivity index (χ1v) is 7.94. The van der Waals surface area contributed by atoms with Gasteiger partial charge in [0.25, 0.3) is 0 Å². The highest BCUT2D eigenvalue weighted by molar-refractivity contribution is 5.45. The topological polar surface area (TPSA) is 35.5 Å². The average Bonchev–Trinajstić information content (AvgIpc) is 3.30. The molecule has 0 bridgehead atoms. The number of nitrogens with one attached hydrogen (secondary N) is 1. The Labute approximate surface area is 127 Å². The number of hydrogen-bond acceptors (Lipinski definition) is 3. The molecule has 0 saturated heterocycles. The van der Waals surface area contributed by atoms with Crippen LogP contribution < -0.4 is 10.2 Å². The first kappa shape index (κ1) is 16.2. The second kappa shape index (κ2) is 7.23. The van der Waals surface area contributed by atoms with E-state index in [1.807, 2.05) is 13.1 Å². The maximum atomic E-state index is 13.2. The van der Waals surface area contributed by atoms with Crippen LogP contribution in [0.25, 0.3) is 0 Å². The Morgan fingerprint density at radius 3 is 2.76 bits per heavy atom. The molecule has 1 saturated carbocycles. The molecule has 21 heavy (non-hydrogen) atoms. The number of benzene rings is 1. The molecule has 1 aliphatic carbocycles. The summed E-state index contributed by atoms with van der Waals surface area (Å²) in [6, 6.07) is 7.27. The molecule has 0 amide bonds. The van der Waals surface area contributed by atoms with Gasteiger partial charge in [-0.1, -0.05) is 13.0 Å². The molecule has 2 N–H and O–H groups in total. The third-order valence-corrected chi connectivity index (χ3v) is 4.46. The van der Waals surface area contributed by atoms with Crippen molar-refractivity contribution in [3.05, 3.63) is 30.1 Å². The number of rotatable bonds is 9. The molecular formula is C17H27FN2O. The van der Waals surface area contributed by atoms with E-state index < -0.39 is 0 Å². The number of halogens is 1. The van der Waals surface area contributed by atoms with Gasteiger partial charge in [0, 0.05) is 30.9 Å². The summed E-state index contributed by atoms with van der Waals surface area (Å²) in [5, 5.41) is 13.3. The highest BCUT2D eigenvalue weighted by atomic mass is 19.1. The van der Waals surface area contributed by atoms with E-state index in [1.165, 1.54) is 18.9 Å². The summed E-state index contributed by atoms with van der Waals surface area (Å²) in [5.41, 5.74) is 0.750. The SMILES string of the molecule is CCC(CO)(CCCN(C)c1cccc(F)c1)NC1CC1. The fraction of sp³-hybridized carbons (Fsp3) is 0.647. The summed E-state index contributed by atoms with van der Waals surface area (Å²) in [4.78, 5) is 2.07. The highest BCUT2D eigenvalue weighted by Gasteiger charge is 2.33. The van der Waals surface area contributed by atoms with Gasteiger partial charge in [-0.2, -0.15) is 0 Å². The largest absolute Gasteiger partial charge is 0.394 e. The van der Waals surface area contributed by atoms with Crippen molar-refractivity contribution in [3.63, 3.8) is 0 Å². The quantitative estimate of drug-likeness (QED) is 0.735. The van der Waals surface area contributed by atoms with Crippen LogP contribution in [0.5, 0.6) is 0 Å². The van der Waals surface area contributed by atoms with Gasteiger partial charge in [0.15, 0.2) is 0 Å². The van der Waals surface area contributed by atoms with Gasteiger partial charge in [0.2, 0.25) is 0 Å². The molecule has 0 aromatic heterocycles. The lowest BCUT2D eigenvalue weighted by Gasteiger charge is -2.33. The molecule has 1 aromatic rings. The van der Waals surface area contributed by atoms with Gasteiger partial charge in [0.1, 0.15) is 5.82 Å². The van der Waals surface area contributed by atoms with Crippen molar-refractivity contribution in [3.8, 4) is 0 Å². The van der Waals surface area contributed by atoms with Gasteiger partial charge in [-0.3, -0.25) is 0 Å². The minimum absolute atomic E-state index is 0.149. The number of anilines is 1. The third kappa shape index (κ3) is 4.68.